The highest BCUT2D eigenvalue weighted by Gasteiger charge is 2.23. The molecule has 4 aromatic rings. The van der Waals surface area contributed by atoms with Gasteiger partial charge in [-0.3, -0.25) is 18.6 Å². The van der Waals surface area contributed by atoms with Gasteiger partial charge in [0.1, 0.15) is 11.5 Å². The van der Waals surface area contributed by atoms with Crippen LogP contribution in [0.4, 0.5) is 5.69 Å². The molecule has 0 saturated heterocycles. The average molecular weight is 494 g/mol. The standard InChI is InChI=1S/C25H27N5O4S/c1-6-21(23(31)26-19-10-9-18(33-4)14-20(19)34-5)35-25-28-27-22-24(32)29(11-12-30(22)25)17-8-7-15(2)16(3)13-17/h7-14,21H,6H2,1-5H3,(H,26,31)/t21-/m0/s1. The maximum atomic E-state index is 13.1. The van der Waals surface area contributed by atoms with Crippen molar-refractivity contribution in [2.24, 2.45) is 0 Å². The number of aromatic nitrogens is 4. The number of benzene rings is 2. The van der Waals surface area contributed by atoms with Crippen molar-refractivity contribution in [3.63, 3.8) is 0 Å². The smallest absolute Gasteiger partial charge is 0.300 e. The lowest BCUT2D eigenvalue weighted by atomic mass is 10.1. The molecule has 2 aromatic carbocycles. The van der Waals surface area contributed by atoms with E-state index in [0.29, 0.717) is 28.8 Å². The van der Waals surface area contributed by atoms with Crippen LogP contribution in [0.2, 0.25) is 0 Å². The van der Waals surface area contributed by atoms with E-state index in [1.54, 1.807) is 46.7 Å². The van der Waals surface area contributed by atoms with Crippen molar-refractivity contribution in [1.29, 1.82) is 0 Å². The van der Waals surface area contributed by atoms with Gasteiger partial charge < -0.3 is 14.8 Å². The Hall–Kier alpha value is -3.79. The Morgan fingerprint density at radius 3 is 2.54 bits per heavy atom. The zero-order valence-corrected chi connectivity index (χ0v) is 21.0. The summed E-state index contributed by atoms with van der Waals surface area (Å²) in [4.78, 5) is 26.2. The number of nitrogens with one attached hydrogen (secondary N) is 1. The quantitative estimate of drug-likeness (QED) is 0.370. The van der Waals surface area contributed by atoms with Crippen molar-refractivity contribution < 1.29 is 14.3 Å². The van der Waals surface area contributed by atoms with Crippen molar-refractivity contribution in [2.75, 3.05) is 19.5 Å². The van der Waals surface area contributed by atoms with Crippen LogP contribution in [-0.2, 0) is 4.79 Å². The summed E-state index contributed by atoms with van der Waals surface area (Å²) in [7, 11) is 3.10. The highest BCUT2D eigenvalue weighted by Crippen LogP contribution is 2.31. The molecule has 0 fully saturated rings. The maximum absolute atomic E-state index is 13.1. The number of aryl methyl sites for hydroxylation is 2. The third-order valence-electron chi connectivity index (χ3n) is 5.79. The van der Waals surface area contributed by atoms with E-state index in [0.717, 1.165) is 16.8 Å². The van der Waals surface area contributed by atoms with Gasteiger partial charge in [0.25, 0.3) is 0 Å². The van der Waals surface area contributed by atoms with Crippen LogP contribution < -0.4 is 20.3 Å². The fourth-order valence-corrected chi connectivity index (χ4v) is 4.53. The molecule has 1 amide bonds. The SMILES string of the molecule is CC[C@H](Sc1nnc2c(=O)n(-c3ccc(C)c(C)c3)ccn12)C(=O)Nc1ccc(OC)cc1OC. The normalized spacial score (nSPS) is 11.9. The van der Waals surface area contributed by atoms with E-state index in [4.69, 9.17) is 9.47 Å². The number of fused-ring (bicyclic) bond motifs is 1. The summed E-state index contributed by atoms with van der Waals surface area (Å²) in [5, 5.41) is 11.2. The Balaban J connectivity index is 1.58. The average Bonchev–Trinajstić information content (AvgIpc) is 3.28. The molecular formula is C25H27N5O4S. The number of carbonyl (C=O) groups excluding carboxylic acids is 1. The molecule has 9 nitrogen and oxygen atoms in total. The van der Waals surface area contributed by atoms with Gasteiger partial charge in [-0.15, -0.1) is 10.2 Å². The summed E-state index contributed by atoms with van der Waals surface area (Å²) in [6.07, 6.45) is 3.98. The molecule has 0 aliphatic heterocycles. The highest BCUT2D eigenvalue weighted by molar-refractivity contribution is 8.00. The number of thioether (sulfide) groups is 1. The number of hydrogen-bond acceptors (Lipinski definition) is 7. The first-order chi connectivity index (χ1) is 16.9. The van der Waals surface area contributed by atoms with Gasteiger partial charge in [-0.1, -0.05) is 24.8 Å². The van der Waals surface area contributed by atoms with Gasteiger partial charge in [0.2, 0.25) is 11.6 Å². The van der Waals surface area contributed by atoms with Crippen LogP contribution in [0.5, 0.6) is 11.5 Å². The minimum Gasteiger partial charge on any atom is -0.497 e. The van der Waals surface area contributed by atoms with Gasteiger partial charge in [0, 0.05) is 24.1 Å². The third-order valence-corrected chi connectivity index (χ3v) is 7.11. The van der Waals surface area contributed by atoms with E-state index in [2.05, 4.69) is 15.5 Å². The van der Waals surface area contributed by atoms with Crippen molar-refractivity contribution >= 4 is 29.0 Å². The molecule has 0 bridgehead atoms. The first kappa shape index (κ1) is 24.3. The zero-order valence-electron chi connectivity index (χ0n) is 20.2. The molecule has 0 unspecified atom stereocenters. The van der Waals surface area contributed by atoms with Crippen LogP contribution in [-0.4, -0.2) is 44.5 Å². The molecule has 1 atom stereocenters. The third kappa shape index (κ3) is 4.88. The van der Waals surface area contributed by atoms with Crippen LogP contribution in [0.3, 0.4) is 0 Å². The Labute approximate surface area is 207 Å². The molecule has 2 aromatic heterocycles. The van der Waals surface area contributed by atoms with E-state index in [1.807, 2.05) is 39.0 Å². The predicted octanol–water partition coefficient (Wildman–Crippen LogP) is 4.02. The molecule has 182 valence electrons. The molecule has 1 N–H and O–H groups in total. The van der Waals surface area contributed by atoms with Crippen molar-refractivity contribution in [3.05, 3.63) is 70.3 Å². The number of anilines is 1. The molecule has 0 saturated carbocycles. The molecule has 0 aliphatic rings. The van der Waals surface area contributed by atoms with Crippen LogP contribution in [0.1, 0.15) is 24.5 Å². The minimum absolute atomic E-state index is 0.195. The summed E-state index contributed by atoms with van der Waals surface area (Å²) in [5.41, 5.74) is 3.46. The molecule has 10 heteroatoms. The number of ether oxygens (including phenoxy) is 2. The summed E-state index contributed by atoms with van der Waals surface area (Å²) < 4.78 is 13.8. The fraction of sp³-hybridized carbons (Fsp3) is 0.280. The lowest BCUT2D eigenvalue weighted by Crippen LogP contribution is -2.25. The van der Waals surface area contributed by atoms with Crippen molar-refractivity contribution in [3.8, 4) is 17.2 Å². The second kappa shape index (κ2) is 10.2. The number of hydrogen-bond donors (Lipinski definition) is 1. The largest absolute Gasteiger partial charge is 0.497 e. The molecule has 2 heterocycles. The van der Waals surface area contributed by atoms with E-state index in [9.17, 15) is 9.59 Å². The number of carbonyl (C=O) groups is 1. The monoisotopic (exact) mass is 493 g/mol. The Morgan fingerprint density at radius 1 is 1.06 bits per heavy atom. The Bertz CT molecular complexity index is 1450. The maximum Gasteiger partial charge on any atom is 0.300 e. The summed E-state index contributed by atoms with van der Waals surface area (Å²) >= 11 is 1.25. The van der Waals surface area contributed by atoms with E-state index < -0.39 is 5.25 Å². The minimum atomic E-state index is -0.462. The lowest BCUT2D eigenvalue weighted by molar-refractivity contribution is -0.115. The predicted molar refractivity (Wildman–Crippen MR) is 136 cm³/mol. The fourth-order valence-electron chi connectivity index (χ4n) is 3.59. The molecule has 0 radical (unpaired) electrons. The van der Waals surface area contributed by atoms with Gasteiger partial charge in [-0.2, -0.15) is 0 Å². The van der Waals surface area contributed by atoms with Gasteiger partial charge in [-0.25, -0.2) is 0 Å². The number of amides is 1. The summed E-state index contributed by atoms with van der Waals surface area (Å²) in [5.74, 6) is 0.918. The van der Waals surface area contributed by atoms with Crippen LogP contribution in [0, 0.1) is 13.8 Å². The van der Waals surface area contributed by atoms with E-state index in [1.165, 1.54) is 18.9 Å². The lowest BCUT2D eigenvalue weighted by Gasteiger charge is -2.16. The Kier molecular flexibility index (Phi) is 7.11. The summed E-state index contributed by atoms with van der Waals surface area (Å²) in [6.45, 7) is 5.95. The zero-order chi connectivity index (χ0) is 25.1. The van der Waals surface area contributed by atoms with Crippen LogP contribution in [0.15, 0.2) is 58.7 Å². The van der Waals surface area contributed by atoms with E-state index in [-0.39, 0.29) is 17.1 Å². The molecular weight excluding hydrogens is 466 g/mol. The van der Waals surface area contributed by atoms with Crippen LogP contribution >= 0.6 is 11.8 Å². The first-order valence-electron chi connectivity index (χ1n) is 11.1. The van der Waals surface area contributed by atoms with Gasteiger partial charge in [0.05, 0.1) is 25.2 Å². The second-order valence-corrected chi connectivity index (χ2v) is 9.16. The topological polar surface area (TPSA) is 99.8 Å². The van der Waals surface area contributed by atoms with Crippen molar-refractivity contribution in [1.82, 2.24) is 19.2 Å². The van der Waals surface area contributed by atoms with Crippen molar-refractivity contribution in [2.45, 2.75) is 37.6 Å². The highest BCUT2D eigenvalue weighted by atomic mass is 32.2. The molecule has 35 heavy (non-hydrogen) atoms. The number of nitrogens with zero attached hydrogens (tertiary/aromatic N) is 4. The number of rotatable bonds is 8. The Morgan fingerprint density at radius 2 is 1.86 bits per heavy atom. The molecule has 0 spiro atoms. The van der Waals surface area contributed by atoms with Gasteiger partial charge >= 0.3 is 5.56 Å². The number of methoxy groups -OCH3 is 2. The molecule has 0 aliphatic carbocycles. The molecule has 4 rings (SSSR count). The second-order valence-electron chi connectivity index (χ2n) is 7.99. The van der Waals surface area contributed by atoms with E-state index >= 15 is 0 Å². The van der Waals surface area contributed by atoms with Gasteiger partial charge in [-0.05, 0) is 55.7 Å². The summed E-state index contributed by atoms with van der Waals surface area (Å²) in [6, 6.07) is 11.0. The van der Waals surface area contributed by atoms with Crippen LogP contribution in [0.25, 0.3) is 11.3 Å². The van der Waals surface area contributed by atoms with Gasteiger partial charge in [0.15, 0.2) is 5.16 Å². The first-order valence-corrected chi connectivity index (χ1v) is 12.0.